The molecule has 0 aromatic carbocycles. The maximum absolute atomic E-state index is 12.4. The van der Waals surface area contributed by atoms with E-state index in [1.54, 1.807) is 0 Å². The third-order valence-corrected chi connectivity index (χ3v) is 1.04. The van der Waals surface area contributed by atoms with Gasteiger partial charge in [0.1, 0.15) is 5.83 Å². The summed E-state index contributed by atoms with van der Waals surface area (Å²) in [5, 5.41) is 1.97. The van der Waals surface area contributed by atoms with E-state index in [9.17, 15) is 18.4 Å². The van der Waals surface area contributed by atoms with Crippen molar-refractivity contribution in [1.29, 1.82) is 0 Å². The summed E-state index contributed by atoms with van der Waals surface area (Å²) in [7, 11) is 0. The number of allylic oxidation sites excluding steroid dienone is 4. The number of nitrogens with one attached hydrogen (secondary N) is 1. The molecule has 0 unspecified atom stereocenters. The molecular formula is C9H9F2NO2. The lowest BCUT2D eigenvalue weighted by molar-refractivity contribution is -0.130. The van der Waals surface area contributed by atoms with E-state index in [2.05, 4.69) is 6.58 Å². The van der Waals surface area contributed by atoms with Gasteiger partial charge >= 0.3 is 0 Å². The fourth-order valence-electron chi connectivity index (χ4n) is 0.669. The van der Waals surface area contributed by atoms with Crippen molar-refractivity contribution in [1.82, 2.24) is 5.32 Å². The Labute approximate surface area is 79.8 Å². The van der Waals surface area contributed by atoms with Gasteiger partial charge < -0.3 is 5.32 Å². The average Bonchev–Trinajstić information content (AvgIpc) is 2.01. The van der Waals surface area contributed by atoms with Gasteiger partial charge in [0.05, 0.1) is 5.83 Å². The summed E-state index contributed by atoms with van der Waals surface area (Å²) in [6, 6.07) is 0. The molecule has 5 heteroatoms. The van der Waals surface area contributed by atoms with Crippen LogP contribution in [0.15, 0.2) is 36.1 Å². The molecule has 1 amide bonds. The van der Waals surface area contributed by atoms with Gasteiger partial charge in [-0.05, 0) is 19.1 Å². The molecule has 0 saturated carbocycles. The maximum Gasteiger partial charge on any atom is 0.288 e. The van der Waals surface area contributed by atoms with Gasteiger partial charge in [0.15, 0.2) is 0 Å². The van der Waals surface area contributed by atoms with Gasteiger partial charge in [0.2, 0.25) is 6.29 Å². The molecule has 0 spiro atoms. The van der Waals surface area contributed by atoms with Crippen molar-refractivity contribution in [3.63, 3.8) is 0 Å². The summed E-state index contributed by atoms with van der Waals surface area (Å²) in [6.07, 6.45) is 1.66. The second kappa shape index (κ2) is 5.80. The first-order chi connectivity index (χ1) is 6.45. The van der Waals surface area contributed by atoms with Crippen molar-refractivity contribution in [2.75, 3.05) is 0 Å². The van der Waals surface area contributed by atoms with Crippen molar-refractivity contribution in [2.24, 2.45) is 0 Å². The number of aldehydes is 1. The number of rotatable bonds is 4. The summed E-state index contributed by atoms with van der Waals surface area (Å²) in [5.74, 6) is -2.48. The Bertz CT molecular complexity index is 315. The zero-order valence-electron chi connectivity index (χ0n) is 7.51. The van der Waals surface area contributed by atoms with Gasteiger partial charge in [-0.15, -0.1) is 0 Å². The van der Waals surface area contributed by atoms with Crippen LogP contribution in [-0.4, -0.2) is 12.2 Å². The highest BCUT2D eigenvalue weighted by molar-refractivity contribution is 6.24. The smallest absolute Gasteiger partial charge is 0.288 e. The topological polar surface area (TPSA) is 46.2 Å². The quantitative estimate of drug-likeness (QED) is 0.426. The molecule has 0 saturated heterocycles. The fraction of sp³-hybridized carbons (Fsp3) is 0.111. The van der Waals surface area contributed by atoms with E-state index in [1.807, 2.05) is 5.32 Å². The van der Waals surface area contributed by atoms with Crippen molar-refractivity contribution in [3.05, 3.63) is 36.1 Å². The summed E-state index contributed by atoms with van der Waals surface area (Å²) < 4.78 is 24.7. The van der Waals surface area contributed by atoms with Gasteiger partial charge in [-0.2, -0.15) is 0 Å². The molecule has 0 aliphatic carbocycles. The number of amides is 1. The normalized spacial score (nSPS) is 12.2. The van der Waals surface area contributed by atoms with E-state index in [0.717, 1.165) is 19.1 Å². The Morgan fingerprint density at radius 3 is 2.29 bits per heavy atom. The van der Waals surface area contributed by atoms with E-state index in [4.69, 9.17) is 0 Å². The molecule has 0 atom stereocenters. The lowest BCUT2D eigenvalue weighted by atomic mass is 10.3. The van der Waals surface area contributed by atoms with Crippen LogP contribution in [0, 0.1) is 0 Å². The minimum Gasteiger partial charge on any atom is -0.320 e. The van der Waals surface area contributed by atoms with E-state index >= 15 is 0 Å². The first kappa shape index (κ1) is 12.2. The maximum atomic E-state index is 12.4. The molecule has 1 N–H and O–H groups in total. The summed E-state index contributed by atoms with van der Waals surface area (Å²) in [5.41, 5.74) is -0.172. The molecule has 0 aromatic rings. The van der Waals surface area contributed by atoms with Crippen LogP contribution in [0.1, 0.15) is 6.92 Å². The zero-order chi connectivity index (χ0) is 11.1. The Kier molecular flexibility index (Phi) is 5.06. The van der Waals surface area contributed by atoms with Crippen molar-refractivity contribution < 1.29 is 18.4 Å². The van der Waals surface area contributed by atoms with Gasteiger partial charge in [0.25, 0.3) is 5.91 Å². The molecule has 0 rings (SSSR count). The minimum absolute atomic E-state index is 0.00373. The molecule has 0 bridgehead atoms. The number of carbonyl (C=O) groups is 2. The minimum atomic E-state index is -0.991. The second-order valence-electron chi connectivity index (χ2n) is 2.38. The Morgan fingerprint density at radius 1 is 1.36 bits per heavy atom. The van der Waals surface area contributed by atoms with Crippen molar-refractivity contribution in [3.8, 4) is 0 Å². The van der Waals surface area contributed by atoms with Crippen LogP contribution in [0.25, 0.3) is 0 Å². The Hall–Kier alpha value is -1.78. The van der Waals surface area contributed by atoms with Gasteiger partial charge in [0, 0.05) is 5.70 Å². The highest BCUT2D eigenvalue weighted by atomic mass is 19.1. The zero-order valence-corrected chi connectivity index (χ0v) is 7.51. The molecule has 3 nitrogen and oxygen atoms in total. The standard InChI is InChI=1S/C9H9F2NO2/c1-6(10)3-8(4-7(2)11)12-9(14)5-13/h3-5H,1H2,2H3,(H,12,14)/b7-4+,8-3+. The summed E-state index contributed by atoms with van der Waals surface area (Å²) in [4.78, 5) is 20.5. The van der Waals surface area contributed by atoms with Crippen LogP contribution in [0.3, 0.4) is 0 Å². The molecule has 0 aliphatic rings. The Balaban J connectivity index is 4.74. The second-order valence-corrected chi connectivity index (χ2v) is 2.38. The molecule has 0 fully saturated rings. The monoisotopic (exact) mass is 201 g/mol. The lowest BCUT2D eigenvalue weighted by Gasteiger charge is -2.00. The average molecular weight is 201 g/mol. The first-order valence-corrected chi connectivity index (χ1v) is 3.61. The van der Waals surface area contributed by atoms with Crippen molar-refractivity contribution in [2.45, 2.75) is 6.92 Å². The SMILES string of the molecule is C=C(F)/C=C(\C=C(/C)F)NC(=O)C=O. The van der Waals surface area contributed by atoms with Crippen LogP contribution < -0.4 is 5.32 Å². The van der Waals surface area contributed by atoms with Crippen molar-refractivity contribution >= 4 is 12.2 Å². The van der Waals surface area contributed by atoms with Gasteiger partial charge in [-0.3, -0.25) is 9.59 Å². The van der Waals surface area contributed by atoms with Gasteiger partial charge in [-0.25, -0.2) is 8.78 Å². The van der Waals surface area contributed by atoms with E-state index in [1.165, 1.54) is 0 Å². The van der Waals surface area contributed by atoms with Crippen LogP contribution in [0.5, 0.6) is 0 Å². The fourth-order valence-corrected chi connectivity index (χ4v) is 0.669. The predicted octanol–water partition coefficient (Wildman–Crippen LogP) is 1.54. The highest BCUT2D eigenvalue weighted by Gasteiger charge is 2.01. The molecule has 0 heterocycles. The summed E-state index contributed by atoms with van der Waals surface area (Å²) in [6.45, 7) is 4.01. The highest BCUT2D eigenvalue weighted by Crippen LogP contribution is 2.04. The third kappa shape index (κ3) is 5.82. The van der Waals surface area contributed by atoms with Crippen LogP contribution in [-0.2, 0) is 9.59 Å². The molecule has 0 radical (unpaired) electrons. The third-order valence-electron chi connectivity index (χ3n) is 1.04. The molecule has 0 aliphatic heterocycles. The Morgan fingerprint density at radius 2 is 1.93 bits per heavy atom. The van der Waals surface area contributed by atoms with Crippen LogP contribution in [0.2, 0.25) is 0 Å². The number of hydrogen-bond acceptors (Lipinski definition) is 2. The summed E-state index contributed by atoms with van der Waals surface area (Å²) >= 11 is 0. The molecular weight excluding hydrogens is 192 g/mol. The van der Waals surface area contributed by atoms with Crippen LogP contribution >= 0.6 is 0 Å². The number of hydrogen-bond donors (Lipinski definition) is 1. The largest absolute Gasteiger partial charge is 0.320 e. The molecule has 0 aromatic heterocycles. The lowest BCUT2D eigenvalue weighted by Crippen LogP contribution is -2.22. The number of carbonyl (C=O) groups excluding carboxylic acids is 2. The molecule has 14 heavy (non-hydrogen) atoms. The first-order valence-electron chi connectivity index (χ1n) is 3.61. The number of halogens is 2. The predicted molar refractivity (Wildman–Crippen MR) is 47.4 cm³/mol. The van der Waals surface area contributed by atoms with E-state index in [0.29, 0.717) is 0 Å². The van der Waals surface area contributed by atoms with E-state index in [-0.39, 0.29) is 12.0 Å². The van der Waals surface area contributed by atoms with Gasteiger partial charge in [-0.1, -0.05) is 6.58 Å². The molecule has 76 valence electrons. The van der Waals surface area contributed by atoms with Crippen LogP contribution in [0.4, 0.5) is 8.78 Å². The van der Waals surface area contributed by atoms with E-state index < -0.39 is 17.6 Å².